The van der Waals surface area contributed by atoms with Crippen LogP contribution in [-0.2, 0) is 16.6 Å². The molecule has 4 nitrogen and oxygen atoms in total. The van der Waals surface area contributed by atoms with E-state index < -0.39 is 5.66 Å². The Hall–Kier alpha value is -2.49. The molecule has 0 unspecified atom stereocenters. The highest BCUT2D eigenvalue weighted by Crippen LogP contribution is 2.52. The standard InChI is InChI=1S/C21H24N2O2/c1-4-15-7-8-18-17(14-15)20(2,3)21(11-9-16-6-5-13-25-16)22-19(24)10-12-23(18)21/h5-9,11,13-14H,4,10,12H2,1-3H3,(H,22,24)/b11-9+/t21-/m1/s1. The Morgan fingerprint density at radius 3 is 2.88 bits per heavy atom. The van der Waals surface area contributed by atoms with Crippen LogP contribution in [0.2, 0.25) is 0 Å². The summed E-state index contributed by atoms with van der Waals surface area (Å²) >= 11 is 0. The molecule has 0 radical (unpaired) electrons. The summed E-state index contributed by atoms with van der Waals surface area (Å²) in [6.45, 7) is 7.31. The molecule has 1 atom stereocenters. The lowest BCUT2D eigenvalue weighted by Gasteiger charge is -2.49. The van der Waals surface area contributed by atoms with Crippen LogP contribution >= 0.6 is 0 Å². The number of fused-ring (bicyclic) bond motifs is 3. The van der Waals surface area contributed by atoms with Gasteiger partial charge in [-0.1, -0.05) is 32.9 Å². The van der Waals surface area contributed by atoms with Crippen LogP contribution in [-0.4, -0.2) is 18.1 Å². The molecule has 1 amide bonds. The predicted molar refractivity (Wildman–Crippen MR) is 99.4 cm³/mol. The zero-order chi connectivity index (χ0) is 17.7. The van der Waals surface area contributed by atoms with Gasteiger partial charge in [-0.2, -0.15) is 0 Å². The van der Waals surface area contributed by atoms with E-state index >= 15 is 0 Å². The molecule has 4 heteroatoms. The fraction of sp³-hybridized carbons (Fsp3) is 0.381. The third-order valence-corrected chi connectivity index (χ3v) is 5.74. The highest BCUT2D eigenvalue weighted by molar-refractivity contribution is 5.84. The van der Waals surface area contributed by atoms with E-state index in [9.17, 15) is 4.79 Å². The second-order valence-electron chi connectivity index (χ2n) is 7.40. The summed E-state index contributed by atoms with van der Waals surface area (Å²) in [7, 11) is 0. The molecule has 1 aromatic carbocycles. The number of aryl methyl sites for hydroxylation is 1. The van der Waals surface area contributed by atoms with Crippen LogP contribution in [0.25, 0.3) is 6.08 Å². The van der Waals surface area contributed by atoms with Gasteiger partial charge in [-0.25, -0.2) is 0 Å². The van der Waals surface area contributed by atoms with Gasteiger partial charge < -0.3 is 14.6 Å². The van der Waals surface area contributed by atoms with Crippen LogP contribution < -0.4 is 10.2 Å². The van der Waals surface area contributed by atoms with E-state index in [0.29, 0.717) is 6.42 Å². The molecular weight excluding hydrogens is 312 g/mol. The van der Waals surface area contributed by atoms with E-state index in [4.69, 9.17) is 4.42 Å². The number of hydrogen-bond donors (Lipinski definition) is 1. The minimum Gasteiger partial charge on any atom is -0.465 e. The maximum absolute atomic E-state index is 12.3. The van der Waals surface area contributed by atoms with E-state index in [2.05, 4.69) is 55.3 Å². The van der Waals surface area contributed by atoms with Gasteiger partial charge in [-0.3, -0.25) is 4.79 Å². The molecule has 2 aliphatic heterocycles. The molecule has 1 saturated heterocycles. The Labute approximate surface area is 148 Å². The van der Waals surface area contributed by atoms with Gasteiger partial charge in [0.15, 0.2) is 0 Å². The van der Waals surface area contributed by atoms with E-state index in [1.54, 1.807) is 6.26 Å². The van der Waals surface area contributed by atoms with Crippen LogP contribution in [0.3, 0.4) is 0 Å². The number of amides is 1. The third kappa shape index (κ3) is 2.24. The summed E-state index contributed by atoms with van der Waals surface area (Å²) in [5.41, 5.74) is 2.99. The summed E-state index contributed by atoms with van der Waals surface area (Å²) in [5.74, 6) is 0.882. The second kappa shape index (κ2) is 5.51. The molecule has 0 spiro atoms. The summed E-state index contributed by atoms with van der Waals surface area (Å²) < 4.78 is 5.46. The molecule has 1 aromatic heterocycles. The molecule has 4 rings (SSSR count). The number of anilines is 1. The Morgan fingerprint density at radius 1 is 1.32 bits per heavy atom. The molecule has 3 heterocycles. The van der Waals surface area contributed by atoms with Crippen LogP contribution in [0.4, 0.5) is 5.69 Å². The number of furan rings is 1. The number of carbonyl (C=O) groups excluding carboxylic acids is 1. The fourth-order valence-corrected chi connectivity index (χ4v) is 4.21. The van der Waals surface area contributed by atoms with Crippen molar-refractivity contribution in [2.24, 2.45) is 0 Å². The third-order valence-electron chi connectivity index (χ3n) is 5.74. The van der Waals surface area contributed by atoms with E-state index in [0.717, 1.165) is 18.7 Å². The summed E-state index contributed by atoms with van der Waals surface area (Å²) in [4.78, 5) is 14.7. The monoisotopic (exact) mass is 336 g/mol. The molecule has 1 N–H and O–H groups in total. The van der Waals surface area contributed by atoms with Crippen LogP contribution in [0.1, 0.15) is 44.1 Å². The Kier molecular flexibility index (Phi) is 3.53. The van der Waals surface area contributed by atoms with Gasteiger partial charge in [-0.15, -0.1) is 0 Å². The molecule has 25 heavy (non-hydrogen) atoms. The summed E-state index contributed by atoms with van der Waals surface area (Å²) in [6.07, 6.45) is 7.24. The lowest BCUT2D eigenvalue weighted by molar-refractivity contribution is -0.124. The SMILES string of the molecule is CCc1ccc2c(c1)C(C)(C)[C@]1(/C=C/c3ccco3)NC(=O)CCN21. The van der Waals surface area contributed by atoms with Crippen molar-refractivity contribution in [2.45, 2.75) is 44.7 Å². The van der Waals surface area contributed by atoms with E-state index in [1.165, 1.54) is 16.8 Å². The molecular formula is C21H24N2O2. The first-order chi connectivity index (χ1) is 12.0. The van der Waals surface area contributed by atoms with Crippen molar-refractivity contribution in [3.8, 4) is 0 Å². The Bertz CT molecular complexity index is 836. The molecule has 2 aliphatic rings. The highest BCUT2D eigenvalue weighted by Gasteiger charge is 2.57. The molecule has 130 valence electrons. The smallest absolute Gasteiger partial charge is 0.223 e. The van der Waals surface area contributed by atoms with Crippen LogP contribution in [0.5, 0.6) is 0 Å². The van der Waals surface area contributed by atoms with Gasteiger partial charge in [-0.05, 0) is 47.9 Å². The van der Waals surface area contributed by atoms with Crippen LogP contribution in [0.15, 0.2) is 47.1 Å². The lowest BCUT2D eigenvalue weighted by Crippen LogP contribution is -2.68. The molecule has 0 saturated carbocycles. The molecule has 2 aromatic rings. The van der Waals surface area contributed by atoms with E-state index in [-0.39, 0.29) is 11.3 Å². The quantitative estimate of drug-likeness (QED) is 0.925. The largest absolute Gasteiger partial charge is 0.465 e. The van der Waals surface area contributed by atoms with Crippen molar-refractivity contribution >= 4 is 17.7 Å². The topological polar surface area (TPSA) is 45.5 Å². The Morgan fingerprint density at radius 2 is 2.16 bits per heavy atom. The summed E-state index contributed by atoms with van der Waals surface area (Å²) in [6, 6.07) is 10.5. The molecule has 0 aliphatic carbocycles. The van der Waals surface area contributed by atoms with Gasteiger partial charge in [0, 0.05) is 24.1 Å². The number of benzene rings is 1. The van der Waals surface area contributed by atoms with Gasteiger partial charge in [0.25, 0.3) is 0 Å². The number of nitrogens with zero attached hydrogens (tertiary/aromatic N) is 1. The van der Waals surface area contributed by atoms with Gasteiger partial charge in [0.2, 0.25) is 5.91 Å². The first-order valence-corrected chi connectivity index (χ1v) is 8.93. The summed E-state index contributed by atoms with van der Waals surface area (Å²) in [5, 5.41) is 3.29. The van der Waals surface area contributed by atoms with Crippen molar-refractivity contribution in [1.29, 1.82) is 0 Å². The fourth-order valence-electron chi connectivity index (χ4n) is 4.21. The highest BCUT2D eigenvalue weighted by atomic mass is 16.3. The average Bonchev–Trinajstić information content (AvgIpc) is 3.18. The minimum absolute atomic E-state index is 0.0944. The first-order valence-electron chi connectivity index (χ1n) is 8.93. The van der Waals surface area contributed by atoms with Crippen molar-refractivity contribution in [1.82, 2.24) is 5.32 Å². The second-order valence-corrected chi connectivity index (χ2v) is 7.40. The predicted octanol–water partition coefficient (Wildman–Crippen LogP) is 3.87. The lowest BCUT2D eigenvalue weighted by atomic mass is 9.74. The first kappa shape index (κ1) is 16.0. The normalized spacial score (nSPS) is 24.3. The van der Waals surface area contributed by atoms with Crippen molar-refractivity contribution in [3.63, 3.8) is 0 Å². The van der Waals surface area contributed by atoms with E-state index in [1.807, 2.05) is 18.2 Å². The number of nitrogens with one attached hydrogen (secondary N) is 1. The zero-order valence-electron chi connectivity index (χ0n) is 15.0. The average molecular weight is 336 g/mol. The zero-order valence-corrected chi connectivity index (χ0v) is 15.0. The number of hydrogen-bond acceptors (Lipinski definition) is 3. The molecule has 1 fully saturated rings. The number of carbonyl (C=O) groups is 1. The van der Waals surface area contributed by atoms with Gasteiger partial charge >= 0.3 is 0 Å². The number of rotatable bonds is 3. The Balaban J connectivity index is 1.87. The molecule has 0 bridgehead atoms. The van der Waals surface area contributed by atoms with Crippen LogP contribution in [0, 0.1) is 0 Å². The maximum atomic E-state index is 12.3. The van der Waals surface area contributed by atoms with Crippen molar-refractivity contribution < 1.29 is 9.21 Å². The minimum atomic E-state index is -0.580. The van der Waals surface area contributed by atoms with Gasteiger partial charge in [0.1, 0.15) is 11.4 Å². The van der Waals surface area contributed by atoms with Crippen molar-refractivity contribution in [2.75, 3.05) is 11.4 Å². The van der Waals surface area contributed by atoms with Gasteiger partial charge in [0.05, 0.1) is 6.26 Å². The van der Waals surface area contributed by atoms with Crippen molar-refractivity contribution in [3.05, 3.63) is 59.6 Å². The maximum Gasteiger partial charge on any atom is 0.223 e.